The normalized spacial score (nSPS) is 22.5. The molecule has 2 aromatic heterocycles. The van der Waals surface area contributed by atoms with Gasteiger partial charge in [-0.3, -0.25) is 9.69 Å². The van der Waals surface area contributed by atoms with Gasteiger partial charge in [0, 0.05) is 24.9 Å². The highest BCUT2D eigenvalue weighted by Gasteiger charge is 2.52. The number of alkyl halides is 2. The molecular weight excluding hydrogens is 614 g/mol. The van der Waals surface area contributed by atoms with E-state index in [4.69, 9.17) is 5.14 Å². The van der Waals surface area contributed by atoms with E-state index in [9.17, 15) is 22.0 Å². The van der Waals surface area contributed by atoms with Crippen LogP contribution in [0.3, 0.4) is 0 Å². The smallest absolute Gasteiger partial charge is 0.270 e. The van der Waals surface area contributed by atoms with Crippen LogP contribution in [0.25, 0.3) is 5.95 Å². The van der Waals surface area contributed by atoms with Gasteiger partial charge in [-0.15, -0.1) is 0 Å². The van der Waals surface area contributed by atoms with Gasteiger partial charge in [-0.2, -0.15) is 5.10 Å². The summed E-state index contributed by atoms with van der Waals surface area (Å²) in [4.78, 5) is 25.3. The molecule has 45 heavy (non-hydrogen) atoms. The lowest BCUT2D eigenvalue weighted by molar-refractivity contribution is -0.0391. The minimum Gasteiger partial charge on any atom is -0.332 e. The molecule has 0 radical (unpaired) electrons. The maximum Gasteiger partial charge on any atom is 0.270 e. The number of carbonyl (C=O) groups is 1. The van der Waals surface area contributed by atoms with Crippen molar-refractivity contribution in [2.45, 2.75) is 42.5 Å². The predicted molar refractivity (Wildman–Crippen MR) is 155 cm³/mol. The number of amides is 1. The molecule has 4 heterocycles. The van der Waals surface area contributed by atoms with Crippen LogP contribution >= 0.6 is 0 Å². The van der Waals surface area contributed by atoms with Crippen LogP contribution in [-0.4, -0.2) is 76.0 Å². The minimum absolute atomic E-state index is 0.0291. The highest BCUT2D eigenvalue weighted by molar-refractivity contribution is 7.89. The van der Waals surface area contributed by atoms with E-state index in [0.717, 1.165) is 22.9 Å². The number of hydrogen-bond acceptors (Lipinski definition) is 7. The summed E-state index contributed by atoms with van der Waals surface area (Å²) in [6.45, 7) is 0.825. The summed E-state index contributed by atoms with van der Waals surface area (Å²) in [5.74, 6) is -6.81. The second-order valence-corrected chi connectivity index (χ2v) is 13.3. The fourth-order valence-electron chi connectivity index (χ4n) is 6.39. The first kappa shape index (κ1) is 31.0. The third-order valence-electron chi connectivity index (χ3n) is 8.72. The number of halogens is 4. The molecule has 0 bridgehead atoms. The standard InChI is InChI=1S/C30H31F4N7O3S/c31-22-5-3-20(4-6-22)26-17-40(18-30(26,33)34)28(42)25-15-38-41(29-36-13-23(32)14-37-29)27(25)21-9-11-39(12-10-21)16-19-1-7-24(8-2-19)45(35,43)44/h1-3,5-8,13-15,20-21,26H,4,9-12,16-18H2,(H2,35,43,44)/t20?,26-/m0/s1. The molecular formula is C30H31F4N7O3S. The number of primary sulfonamides is 1. The summed E-state index contributed by atoms with van der Waals surface area (Å²) in [7, 11) is -3.79. The van der Waals surface area contributed by atoms with Crippen LogP contribution in [0.2, 0.25) is 0 Å². The molecule has 0 spiro atoms. The Morgan fingerprint density at radius 1 is 1.04 bits per heavy atom. The number of nitrogens with two attached hydrogens (primary N) is 1. The summed E-state index contributed by atoms with van der Waals surface area (Å²) < 4.78 is 82.1. The molecule has 2 aliphatic heterocycles. The van der Waals surface area contributed by atoms with Crippen molar-refractivity contribution in [3.63, 3.8) is 0 Å². The molecule has 1 aromatic carbocycles. The van der Waals surface area contributed by atoms with E-state index in [1.165, 1.54) is 41.2 Å². The van der Waals surface area contributed by atoms with Gasteiger partial charge in [-0.1, -0.05) is 18.2 Å². The number of nitrogens with zero attached hydrogens (tertiary/aromatic N) is 6. The molecule has 2 N–H and O–H groups in total. The number of sulfonamides is 1. The molecule has 3 aliphatic rings. The molecule has 10 nitrogen and oxygen atoms in total. The van der Waals surface area contributed by atoms with Gasteiger partial charge in [0.1, 0.15) is 5.83 Å². The zero-order valence-corrected chi connectivity index (χ0v) is 24.9. The zero-order chi connectivity index (χ0) is 31.9. The topological polar surface area (TPSA) is 127 Å². The third-order valence-corrected chi connectivity index (χ3v) is 9.65. The molecule has 0 saturated carbocycles. The van der Waals surface area contributed by atoms with Crippen molar-refractivity contribution in [3.05, 3.63) is 89.5 Å². The fraction of sp³-hybridized carbons (Fsp3) is 0.400. The third kappa shape index (κ3) is 6.56. The number of benzene rings is 1. The Morgan fingerprint density at radius 3 is 2.36 bits per heavy atom. The quantitative estimate of drug-likeness (QED) is 0.386. The fourth-order valence-corrected chi connectivity index (χ4v) is 6.90. The molecule has 1 aliphatic carbocycles. The second-order valence-electron chi connectivity index (χ2n) is 11.7. The number of piperidine rings is 1. The van der Waals surface area contributed by atoms with Crippen LogP contribution in [-0.2, 0) is 16.6 Å². The van der Waals surface area contributed by atoms with Crippen molar-refractivity contribution in [3.8, 4) is 5.95 Å². The Bertz CT molecular complexity index is 1740. The lowest BCUT2D eigenvalue weighted by atomic mass is 9.84. The van der Waals surface area contributed by atoms with Crippen LogP contribution in [0.5, 0.6) is 0 Å². The summed E-state index contributed by atoms with van der Waals surface area (Å²) in [6, 6.07) is 6.34. The monoisotopic (exact) mass is 645 g/mol. The number of carbonyl (C=O) groups excluding carboxylic acids is 1. The second kappa shape index (κ2) is 12.1. The molecule has 1 amide bonds. The van der Waals surface area contributed by atoms with Crippen LogP contribution in [0, 0.1) is 17.7 Å². The largest absolute Gasteiger partial charge is 0.332 e. The molecule has 2 atom stereocenters. The summed E-state index contributed by atoms with van der Waals surface area (Å²) in [6.07, 6.45) is 8.52. The van der Waals surface area contributed by atoms with E-state index in [1.54, 1.807) is 12.1 Å². The van der Waals surface area contributed by atoms with E-state index < -0.39 is 51.9 Å². The van der Waals surface area contributed by atoms with Gasteiger partial charge < -0.3 is 4.90 Å². The van der Waals surface area contributed by atoms with Gasteiger partial charge in [0.05, 0.1) is 41.3 Å². The van der Waals surface area contributed by atoms with Gasteiger partial charge in [-0.25, -0.2) is 45.8 Å². The Morgan fingerprint density at radius 2 is 1.73 bits per heavy atom. The Labute approximate surface area is 257 Å². The van der Waals surface area contributed by atoms with Gasteiger partial charge >= 0.3 is 0 Å². The van der Waals surface area contributed by atoms with E-state index >= 15 is 8.78 Å². The van der Waals surface area contributed by atoms with Crippen molar-refractivity contribution < 1.29 is 30.8 Å². The average Bonchev–Trinajstić information content (AvgIpc) is 3.59. The van der Waals surface area contributed by atoms with Crippen molar-refractivity contribution in [2.75, 3.05) is 26.2 Å². The first-order chi connectivity index (χ1) is 21.4. The average molecular weight is 646 g/mol. The first-order valence-corrected chi connectivity index (χ1v) is 16.0. The highest BCUT2D eigenvalue weighted by atomic mass is 32.2. The summed E-state index contributed by atoms with van der Waals surface area (Å²) >= 11 is 0. The van der Waals surface area contributed by atoms with Gasteiger partial charge in [0.15, 0.2) is 5.82 Å². The Balaban J connectivity index is 1.22. The lowest BCUT2D eigenvalue weighted by Gasteiger charge is -2.32. The zero-order valence-electron chi connectivity index (χ0n) is 24.1. The van der Waals surface area contributed by atoms with E-state index in [-0.39, 0.29) is 35.3 Å². The van der Waals surface area contributed by atoms with Crippen LogP contribution in [0.1, 0.15) is 46.8 Å². The molecule has 3 aromatic rings. The molecule has 238 valence electrons. The molecule has 2 saturated heterocycles. The highest BCUT2D eigenvalue weighted by Crippen LogP contribution is 2.42. The van der Waals surface area contributed by atoms with E-state index in [0.29, 0.717) is 38.2 Å². The predicted octanol–water partition coefficient (Wildman–Crippen LogP) is 3.97. The van der Waals surface area contributed by atoms with Gasteiger partial charge in [0.25, 0.3) is 17.8 Å². The Kier molecular flexibility index (Phi) is 8.35. The van der Waals surface area contributed by atoms with Crippen LogP contribution in [0.15, 0.2) is 71.8 Å². The van der Waals surface area contributed by atoms with Gasteiger partial charge in [-0.05, 0) is 68.1 Å². The van der Waals surface area contributed by atoms with E-state index in [2.05, 4.69) is 20.0 Å². The molecule has 1 unspecified atom stereocenters. The molecule has 15 heteroatoms. The maximum absolute atomic E-state index is 15.2. The summed E-state index contributed by atoms with van der Waals surface area (Å²) in [5, 5.41) is 9.55. The van der Waals surface area contributed by atoms with Crippen LogP contribution in [0.4, 0.5) is 17.6 Å². The molecule has 6 rings (SSSR count). The number of likely N-dealkylation sites (tertiary alicyclic amines) is 2. The lowest BCUT2D eigenvalue weighted by Crippen LogP contribution is -2.35. The maximum atomic E-state index is 15.2. The van der Waals surface area contributed by atoms with Crippen molar-refractivity contribution in [1.82, 2.24) is 29.5 Å². The number of hydrogen-bond donors (Lipinski definition) is 1. The van der Waals surface area contributed by atoms with E-state index in [1.807, 2.05) is 0 Å². The first-order valence-electron chi connectivity index (χ1n) is 14.5. The number of allylic oxidation sites excluding steroid dienone is 4. The van der Waals surface area contributed by atoms with Crippen molar-refractivity contribution in [2.24, 2.45) is 17.0 Å². The Hall–Kier alpha value is -3.95. The van der Waals surface area contributed by atoms with Crippen molar-refractivity contribution >= 4 is 15.9 Å². The number of rotatable bonds is 7. The van der Waals surface area contributed by atoms with Crippen LogP contribution < -0.4 is 5.14 Å². The van der Waals surface area contributed by atoms with Gasteiger partial charge in [0.2, 0.25) is 10.0 Å². The SMILES string of the molecule is NS(=O)(=O)c1ccc(CN2CCC(c3c(C(=O)N4C[C@@H](C5C=CC(F)=CC5)C(F)(F)C4)cnn3-c3ncc(F)cn3)CC2)cc1. The minimum atomic E-state index is -3.79. The van der Waals surface area contributed by atoms with Crippen molar-refractivity contribution in [1.29, 1.82) is 0 Å². The molecule has 2 fully saturated rings. The number of aromatic nitrogens is 4. The summed E-state index contributed by atoms with van der Waals surface area (Å²) in [5.41, 5.74) is 1.52.